The summed E-state index contributed by atoms with van der Waals surface area (Å²) >= 11 is 4.05. The second kappa shape index (κ2) is 14.8. The van der Waals surface area contributed by atoms with E-state index in [1.807, 2.05) is 0 Å². The molecule has 0 aromatic heterocycles. The van der Waals surface area contributed by atoms with Crippen molar-refractivity contribution in [1.82, 2.24) is 10.2 Å². The van der Waals surface area contributed by atoms with Crippen LogP contribution in [-0.4, -0.2) is 83.0 Å². The highest BCUT2D eigenvalue weighted by atomic mass is 35.5. The number of nitrogens with zero attached hydrogens (tertiary/aromatic N) is 1. The zero-order valence-corrected chi connectivity index (χ0v) is 13.2. The Kier molecular flexibility index (Phi) is 15.2. The highest BCUT2D eigenvalue weighted by Crippen LogP contribution is 1.91. The zero-order chi connectivity index (χ0) is 12.9. The van der Waals surface area contributed by atoms with E-state index in [9.17, 15) is 0 Å². The van der Waals surface area contributed by atoms with Crippen LogP contribution in [0.1, 0.15) is 0 Å². The van der Waals surface area contributed by atoms with Gasteiger partial charge in [-0.25, -0.2) is 0 Å². The quantitative estimate of drug-likeness (QED) is 0.424. The molecule has 1 N–H and O–H groups in total. The summed E-state index contributed by atoms with van der Waals surface area (Å²) in [7, 11) is 0. The lowest BCUT2D eigenvalue weighted by atomic mass is 10.4. The molecular weight excluding hydrogens is 288 g/mol. The third-order valence-corrected chi connectivity index (χ3v) is 2.92. The Bertz CT molecular complexity index is 186. The summed E-state index contributed by atoms with van der Waals surface area (Å²) in [6, 6.07) is 0. The van der Waals surface area contributed by atoms with E-state index in [1.54, 1.807) is 0 Å². The normalized spacial score (nSPS) is 16.3. The van der Waals surface area contributed by atoms with Crippen LogP contribution in [0.25, 0.3) is 0 Å². The van der Waals surface area contributed by atoms with Gasteiger partial charge in [-0.05, 0) is 0 Å². The molecule has 1 aliphatic rings. The average Bonchev–Trinajstić information content (AvgIpc) is 2.42. The predicted octanol–water partition coefficient (Wildman–Crippen LogP) is 0.293. The summed E-state index contributed by atoms with van der Waals surface area (Å²) < 4.78 is 16.1. The fourth-order valence-corrected chi connectivity index (χ4v) is 1.86. The number of rotatable bonds is 11. The molecule has 0 saturated carbocycles. The van der Waals surface area contributed by atoms with Gasteiger partial charge in [-0.2, -0.15) is 12.6 Å². The fourth-order valence-electron chi connectivity index (χ4n) is 1.73. The van der Waals surface area contributed by atoms with E-state index in [0.717, 1.165) is 45.1 Å². The van der Waals surface area contributed by atoms with Crippen LogP contribution in [0.3, 0.4) is 0 Å². The van der Waals surface area contributed by atoms with Crippen LogP contribution in [0.5, 0.6) is 0 Å². The third-order valence-electron chi connectivity index (χ3n) is 2.74. The summed E-state index contributed by atoms with van der Waals surface area (Å²) in [4.78, 5) is 2.42. The Hall–Kier alpha value is 0.440. The van der Waals surface area contributed by atoms with Gasteiger partial charge in [0.15, 0.2) is 0 Å². The Balaban J connectivity index is 0.00000324. The lowest BCUT2D eigenvalue weighted by Crippen LogP contribution is -2.44. The first-order valence-corrected chi connectivity index (χ1v) is 7.34. The monoisotopic (exact) mass is 314 g/mol. The van der Waals surface area contributed by atoms with E-state index in [-0.39, 0.29) is 12.4 Å². The number of nitrogens with one attached hydrogen (secondary N) is 1. The first kappa shape index (κ1) is 19.4. The minimum atomic E-state index is 0. The zero-order valence-electron chi connectivity index (χ0n) is 11.5. The molecule has 0 unspecified atom stereocenters. The van der Waals surface area contributed by atoms with Crippen molar-refractivity contribution in [1.29, 1.82) is 0 Å². The first-order chi connectivity index (χ1) is 8.93. The van der Waals surface area contributed by atoms with Crippen LogP contribution in [0.15, 0.2) is 0 Å². The summed E-state index contributed by atoms with van der Waals surface area (Å²) in [5.41, 5.74) is 0. The topological polar surface area (TPSA) is 43.0 Å². The van der Waals surface area contributed by atoms with E-state index in [1.165, 1.54) is 0 Å². The van der Waals surface area contributed by atoms with E-state index in [2.05, 4.69) is 22.8 Å². The second-order valence-electron chi connectivity index (χ2n) is 4.15. The highest BCUT2D eigenvalue weighted by Gasteiger charge is 2.07. The predicted molar refractivity (Wildman–Crippen MR) is 82.9 cm³/mol. The summed E-state index contributed by atoms with van der Waals surface area (Å²) in [5.74, 6) is 0.759. The lowest BCUT2D eigenvalue weighted by Gasteiger charge is -2.26. The molecule has 0 amide bonds. The number of thiol groups is 1. The molecule has 0 radical (unpaired) electrons. The van der Waals surface area contributed by atoms with Crippen LogP contribution < -0.4 is 5.32 Å². The van der Waals surface area contributed by atoms with Crippen molar-refractivity contribution in [3.05, 3.63) is 0 Å². The number of hydrogen-bond donors (Lipinski definition) is 2. The molecule has 116 valence electrons. The van der Waals surface area contributed by atoms with Crippen molar-refractivity contribution >= 4 is 25.0 Å². The van der Waals surface area contributed by atoms with Gasteiger partial charge in [-0.1, -0.05) is 0 Å². The van der Waals surface area contributed by atoms with Crippen molar-refractivity contribution in [2.24, 2.45) is 0 Å². The third kappa shape index (κ3) is 11.9. The molecule has 5 nitrogen and oxygen atoms in total. The average molecular weight is 315 g/mol. The van der Waals surface area contributed by atoms with Crippen molar-refractivity contribution < 1.29 is 14.2 Å². The van der Waals surface area contributed by atoms with Crippen LogP contribution in [0.2, 0.25) is 0 Å². The van der Waals surface area contributed by atoms with Gasteiger partial charge < -0.3 is 19.5 Å². The van der Waals surface area contributed by atoms with E-state index < -0.39 is 0 Å². The summed E-state index contributed by atoms with van der Waals surface area (Å²) in [6.07, 6.45) is 0. The van der Waals surface area contributed by atoms with Gasteiger partial charge in [-0.3, -0.25) is 4.90 Å². The summed E-state index contributed by atoms with van der Waals surface area (Å²) in [5, 5.41) is 3.33. The van der Waals surface area contributed by atoms with Gasteiger partial charge >= 0.3 is 0 Å². The molecule has 1 heterocycles. The SMILES string of the molecule is Cl.SCCOCCOCCOCCN1CCNCC1. The Morgan fingerprint density at radius 3 is 1.95 bits per heavy atom. The molecule has 0 atom stereocenters. The Morgan fingerprint density at radius 1 is 0.842 bits per heavy atom. The van der Waals surface area contributed by atoms with Gasteiger partial charge in [-0.15, -0.1) is 12.4 Å². The number of halogens is 1. The van der Waals surface area contributed by atoms with Crippen molar-refractivity contribution in [2.45, 2.75) is 0 Å². The van der Waals surface area contributed by atoms with E-state index >= 15 is 0 Å². The lowest BCUT2D eigenvalue weighted by molar-refractivity contribution is 0.0126. The molecule has 0 aromatic carbocycles. The van der Waals surface area contributed by atoms with Crippen LogP contribution >= 0.6 is 25.0 Å². The van der Waals surface area contributed by atoms with Gasteiger partial charge in [0.05, 0.1) is 39.6 Å². The number of piperazine rings is 1. The standard InChI is InChI=1S/C12H26N2O3S.ClH/c18-12-11-17-10-9-16-8-7-15-6-5-14-3-1-13-2-4-14;/h13,18H,1-12H2;1H. The summed E-state index contributed by atoms with van der Waals surface area (Å²) in [6.45, 7) is 9.52. The first-order valence-electron chi connectivity index (χ1n) is 6.70. The van der Waals surface area contributed by atoms with Gasteiger partial charge in [0, 0.05) is 38.5 Å². The van der Waals surface area contributed by atoms with Crippen molar-refractivity contribution in [3.63, 3.8) is 0 Å². The molecule has 7 heteroatoms. The molecular formula is C12H27ClN2O3S. The molecule has 0 aromatic rings. The highest BCUT2D eigenvalue weighted by molar-refractivity contribution is 7.80. The fraction of sp³-hybridized carbons (Fsp3) is 1.00. The Morgan fingerprint density at radius 2 is 1.37 bits per heavy atom. The number of ether oxygens (including phenoxy) is 3. The minimum Gasteiger partial charge on any atom is -0.378 e. The van der Waals surface area contributed by atoms with E-state index in [0.29, 0.717) is 33.0 Å². The van der Waals surface area contributed by atoms with E-state index in [4.69, 9.17) is 14.2 Å². The van der Waals surface area contributed by atoms with Gasteiger partial charge in [0.1, 0.15) is 0 Å². The smallest absolute Gasteiger partial charge is 0.0701 e. The van der Waals surface area contributed by atoms with Gasteiger partial charge in [0.2, 0.25) is 0 Å². The molecule has 19 heavy (non-hydrogen) atoms. The maximum absolute atomic E-state index is 5.52. The maximum Gasteiger partial charge on any atom is 0.0701 e. The van der Waals surface area contributed by atoms with Crippen LogP contribution in [0, 0.1) is 0 Å². The molecule has 0 aliphatic carbocycles. The molecule has 0 bridgehead atoms. The maximum atomic E-state index is 5.52. The molecule has 1 fully saturated rings. The largest absolute Gasteiger partial charge is 0.378 e. The number of hydrogen-bond acceptors (Lipinski definition) is 6. The van der Waals surface area contributed by atoms with Crippen LogP contribution in [-0.2, 0) is 14.2 Å². The van der Waals surface area contributed by atoms with Crippen molar-refractivity contribution in [3.8, 4) is 0 Å². The minimum absolute atomic E-state index is 0. The molecule has 1 aliphatic heterocycles. The Labute approximate surface area is 128 Å². The molecule has 0 spiro atoms. The van der Waals surface area contributed by atoms with Gasteiger partial charge in [0.25, 0.3) is 0 Å². The molecule has 1 saturated heterocycles. The second-order valence-corrected chi connectivity index (χ2v) is 4.60. The van der Waals surface area contributed by atoms with Crippen molar-refractivity contribution in [2.75, 3.05) is 78.1 Å². The molecule has 1 rings (SSSR count). The van der Waals surface area contributed by atoms with Crippen LogP contribution in [0.4, 0.5) is 0 Å².